The Balaban J connectivity index is 1.31. The van der Waals surface area contributed by atoms with Gasteiger partial charge in [-0.25, -0.2) is 14.8 Å². The molecule has 2 aromatic carbocycles. The fourth-order valence-electron chi connectivity index (χ4n) is 4.72. The summed E-state index contributed by atoms with van der Waals surface area (Å²) in [6, 6.07) is 11.3. The van der Waals surface area contributed by atoms with E-state index >= 15 is 0 Å². The zero-order valence-corrected chi connectivity index (χ0v) is 18.6. The maximum Gasteiger partial charge on any atom is 0.338 e. The number of fused-ring (bicyclic) bond motifs is 2. The summed E-state index contributed by atoms with van der Waals surface area (Å²) in [6.45, 7) is 6.12. The Morgan fingerprint density at radius 1 is 1.24 bits per heavy atom. The molecule has 0 fully saturated rings. The number of cyclic esters (lactones) is 1. The number of aliphatic hydroxyl groups excluding tert-OH is 1. The summed E-state index contributed by atoms with van der Waals surface area (Å²) in [5.41, 5.74) is 7.86. The first kappa shape index (κ1) is 21.3. The number of ether oxygens (including phenoxy) is 1. The number of aryl methyl sites for hydroxylation is 1. The third kappa shape index (κ3) is 3.88. The lowest BCUT2D eigenvalue weighted by Gasteiger charge is -2.30. The molecule has 7 heteroatoms. The summed E-state index contributed by atoms with van der Waals surface area (Å²) in [5, 5.41) is 20.0. The average Bonchev–Trinajstić information content (AvgIpc) is 3.20. The molecule has 166 valence electrons. The first-order chi connectivity index (χ1) is 15.9. The Bertz CT molecular complexity index is 1310. The Morgan fingerprint density at radius 3 is 2.85 bits per heavy atom. The van der Waals surface area contributed by atoms with Gasteiger partial charge >= 0.3 is 5.97 Å². The van der Waals surface area contributed by atoms with Crippen molar-refractivity contribution in [1.82, 2.24) is 14.9 Å². The van der Waals surface area contributed by atoms with Gasteiger partial charge in [-0.2, -0.15) is 5.26 Å². The van der Waals surface area contributed by atoms with Gasteiger partial charge in [-0.05, 0) is 54.8 Å². The highest BCUT2D eigenvalue weighted by Gasteiger charge is 2.27. The van der Waals surface area contributed by atoms with E-state index in [4.69, 9.17) is 15.0 Å². The fourth-order valence-corrected chi connectivity index (χ4v) is 4.72. The van der Waals surface area contributed by atoms with Crippen molar-refractivity contribution in [3.05, 3.63) is 81.2 Å². The van der Waals surface area contributed by atoms with E-state index in [0.29, 0.717) is 30.0 Å². The van der Waals surface area contributed by atoms with Gasteiger partial charge in [-0.1, -0.05) is 6.07 Å². The van der Waals surface area contributed by atoms with Crippen LogP contribution in [0.15, 0.2) is 36.5 Å². The minimum Gasteiger partial charge on any atom is -0.457 e. The minimum absolute atomic E-state index is 0.274. The highest BCUT2D eigenvalue weighted by molar-refractivity contribution is 5.93. The molecule has 5 rings (SSSR count). The second kappa shape index (κ2) is 8.39. The maximum atomic E-state index is 11.8. The van der Waals surface area contributed by atoms with Crippen LogP contribution in [0.2, 0.25) is 0 Å². The smallest absolute Gasteiger partial charge is 0.338 e. The molecule has 3 heterocycles. The zero-order valence-electron chi connectivity index (χ0n) is 18.6. The molecule has 1 atom stereocenters. The van der Waals surface area contributed by atoms with Crippen LogP contribution in [-0.4, -0.2) is 39.0 Å². The van der Waals surface area contributed by atoms with Crippen LogP contribution in [0.5, 0.6) is 0 Å². The normalized spacial score (nSPS) is 16.0. The van der Waals surface area contributed by atoms with E-state index in [-0.39, 0.29) is 12.6 Å². The molecule has 0 saturated heterocycles. The summed E-state index contributed by atoms with van der Waals surface area (Å²) < 4.78 is 5.13. The average molecular weight is 441 g/mol. The number of aliphatic hydroxyl groups is 1. The lowest BCUT2D eigenvalue weighted by Crippen LogP contribution is -2.34. The SMILES string of the molecule is Cc1cc(C#N)ccc1-c1ncc2c(n1)CCN(CC(O)c1ccc3c(c1C)COC3=O)C2. The van der Waals surface area contributed by atoms with Crippen LogP contribution in [0.4, 0.5) is 0 Å². The molecule has 2 aliphatic heterocycles. The summed E-state index contributed by atoms with van der Waals surface area (Å²) in [5.74, 6) is 0.382. The van der Waals surface area contributed by atoms with E-state index in [1.54, 1.807) is 12.1 Å². The van der Waals surface area contributed by atoms with Gasteiger partial charge in [0.2, 0.25) is 0 Å². The van der Waals surface area contributed by atoms with Crippen LogP contribution < -0.4 is 0 Å². The third-order valence-corrected chi connectivity index (χ3v) is 6.61. The van der Waals surface area contributed by atoms with Crippen molar-refractivity contribution in [2.45, 2.75) is 39.5 Å². The number of carbonyl (C=O) groups is 1. The van der Waals surface area contributed by atoms with Gasteiger partial charge < -0.3 is 9.84 Å². The Kier molecular flexibility index (Phi) is 5.41. The molecule has 0 aliphatic carbocycles. The Morgan fingerprint density at radius 2 is 2.06 bits per heavy atom. The summed E-state index contributed by atoms with van der Waals surface area (Å²) in [4.78, 5) is 23.4. The summed E-state index contributed by atoms with van der Waals surface area (Å²) in [7, 11) is 0. The van der Waals surface area contributed by atoms with Crippen molar-refractivity contribution < 1.29 is 14.6 Å². The van der Waals surface area contributed by atoms with Crippen LogP contribution in [0.1, 0.15) is 55.5 Å². The second-order valence-corrected chi connectivity index (χ2v) is 8.69. The Hall–Kier alpha value is -3.60. The van der Waals surface area contributed by atoms with Gasteiger partial charge in [0.05, 0.1) is 29.0 Å². The largest absolute Gasteiger partial charge is 0.457 e. The lowest BCUT2D eigenvalue weighted by molar-refractivity contribution is 0.0535. The number of rotatable bonds is 4. The summed E-state index contributed by atoms with van der Waals surface area (Å²) >= 11 is 0. The van der Waals surface area contributed by atoms with Gasteiger partial charge in [0.1, 0.15) is 6.61 Å². The molecule has 0 bridgehead atoms. The molecule has 0 radical (unpaired) electrons. The number of hydrogen-bond donors (Lipinski definition) is 1. The van der Waals surface area contributed by atoms with Crippen molar-refractivity contribution in [3.8, 4) is 17.5 Å². The van der Waals surface area contributed by atoms with Gasteiger partial charge in [-0.3, -0.25) is 4.90 Å². The van der Waals surface area contributed by atoms with Gasteiger partial charge in [0.25, 0.3) is 0 Å². The highest BCUT2D eigenvalue weighted by Crippen LogP contribution is 2.30. The predicted octanol–water partition coefficient (Wildman–Crippen LogP) is 3.39. The van der Waals surface area contributed by atoms with Gasteiger partial charge in [0.15, 0.2) is 5.82 Å². The lowest BCUT2D eigenvalue weighted by atomic mass is 9.95. The minimum atomic E-state index is -0.658. The molecule has 33 heavy (non-hydrogen) atoms. The second-order valence-electron chi connectivity index (χ2n) is 8.69. The number of benzene rings is 2. The van der Waals surface area contributed by atoms with Crippen molar-refractivity contribution in [2.75, 3.05) is 13.1 Å². The number of carbonyl (C=O) groups excluding carboxylic acids is 1. The number of aromatic nitrogens is 2. The van der Waals surface area contributed by atoms with E-state index in [1.165, 1.54) is 0 Å². The van der Waals surface area contributed by atoms with Gasteiger partial charge in [0, 0.05) is 48.9 Å². The molecule has 1 aromatic heterocycles. The highest BCUT2D eigenvalue weighted by atomic mass is 16.5. The molecule has 2 aliphatic rings. The number of nitrogens with zero attached hydrogens (tertiary/aromatic N) is 4. The number of esters is 1. The standard InChI is InChI=1S/C26H24N4O3/c1-15-9-17(10-27)3-4-19(15)25-28-11-18-12-30(8-7-23(18)29-25)13-24(31)20-5-6-21-22(16(20)2)14-33-26(21)32/h3-6,9,11,24,31H,7-8,12-14H2,1-2H3. The Labute approximate surface area is 192 Å². The zero-order chi connectivity index (χ0) is 23.1. The van der Waals surface area contributed by atoms with E-state index in [9.17, 15) is 9.90 Å². The number of nitriles is 1. The fraction of sp³-hybridized carbons (Fsp3) is 0.308. The monoisotopic (exact) mass is 440 g/mol. The van der Waals surface area contributed by atoms with Crippen molar-refractivity contribution in [2.24, 2.45) is 0 Å². The van der Waals surface area contributed by atoms with Crippen LogP contribution >= 0.6 is 0 Å². The van der Waals surface area contributed by atoms with E-state index in [2.05, 4.69) is 16.0 Å². The molecule has 0 spiro atoms. The molecular weight excluding hydrogens is 416 g/mol. The van der Waals surface area contributed by atoms with Crippen LogP contribution in [0.3, 0.4) is 0 Å². The molecular formula is C26H24N4O3. The van der Waals surface area contributed by atoms with Crippen molar-refractivity contribution in [1.29, 1.82) is 5.26 Å². The van der Waals surface area contributed by atoms with Gasteiger partial charge in [-0.15, -0.1) is 0 Å². The summed E-state index contributed by atoms with van der Waals surface area (Å²) in [6.07, 6.45) is 1.99. The molecule has 0 saturated carbocycles. The molecule has 1 unspecified atom stereocenters. The molecule has 1 N–H and O–H groups in total. The van der Waals surface area contributed by atoms with Crippen LogP contribution in [-0.2, 0) is 24.3 Å². The first-order valence-corrected chi connectivity index (χ1v) is 11.0. The quantitative estimate of drug-likeness (QED) is 0.621. The molecule has 3 aromatic rings. The topological polar surface area (TPSA) is 99.3 Å². The van der Waals surface area contributed by atoms with Crippen LogP contribution in [0.25, 0.3) is 11.4 Å². The third-order valence-electron chi connectivity index (χ3n) is 6.61. The molecule has 0 amide bonds. The van der Waals surface area contributed by atoms with E-state index in [0.717, 1.165) is 52.0 Å². The molecule has 7 nitrogen and oxygen atoms in total. The van der Waals surface area contributed by atoms with Crippen LogP contribution in [0, 0.1) is 25.2 Å². The van der Waals surface area contributed by atoms with E-state index in [1.807, 2.05) is 38.2 Å². The first-order valence-electron chi connectivity index (χ1n) is 11.0. The number of β-amino-alcohol motifs (C(OH)–C–C–N with tert-alkyl or cyclic N) is 1. The predicted molar refractivity (Wildman–Crippen MR) is 121 cm³/mol. The van der Waals surface area contributed by atoms with E-state index < -0.39 is 6.10 Å². The van der Waals surface area contributed by atoms with Crippen molar-refractivity contribution >= 4 is 5.97 Å². The van der Waals surface area contributed by atoms with Crippen molar-refractivity contribution in [3.63, 3.8) is 0 Å². The number of hydrogen-bond acceptors (Lipinski definition) is 7. The maximum absolute atomic E-state index is 11.8.